The minimum absolute atomic E-state index is 0.0457. The molecule has 3 nitrogen and oxygen atoms in total. The van der Waals surface area contributed by atoms with Crippen LogP contribution in [-0.4, -0.2) is 11.9 Å². The molecular formula is C22H22ClN2O+. The van der Waals surface area contributed by atoms with Crippen molar-refractivity contribution in [3.8, 4) is 0 Å². The lowest BCUT2D eigenvalue weighted by Gasteiger charge is -2.21. The molecule has 0 saturated heterocycles. The van der Waals surface area contributed by atoms with Crippen LogP contribution >= 0.6 is 11.6 Å². The topological polar surface area (TPSA) is 45.7 Å². The monoisotopic (exact) mass is 365 g/mol. The number of para-hydroxylation sites is 1. The maximum absolute atomic E-state index is 12.7. The molecule has 0 saturated carbocycles. The van der Waals surface area contributed by atoms with E-state index in [9.17, 15) is 4.79 Å². The minimum Gasteiger partial charge on any atom is -0.326 e. The van der Waals surface area contributed by atoms with Crippen LogP contribution in [0.15, 0.2) is 84.9 Å². The van der Waals surface area contributed by atoms with Gasteiger partial charge in [-0.2, -0.15) is 0 Å². The van der Waals surface area contributed by atoms with Crippen LogP contribution < -0.4 is 10.6 Å². The number of halogens is 1. The molecule has 0 heterocycles. The van der Waals surface area contributed by atoms with Crippen LogP contribution in [0.4, 0.5) is 5.69 Å². The summed E-state index contributed by atoms with van der Waals surface area (Å²) in [6, 6.07) is 27.5. The van der Waals surface area contributed by atoms with Crippen LogP contribution in [0.3, 0.4) is 0 Å². The van der Waals surface area contributed by atoms with E-state index in [1.54, 1.807) is 12.1 Å². The third-order valence-corrected chi connectivity index (χ3v) is 4.67. The van der Waals surface area contributed by atoms with Crippen molar-refractivity contribution in [1.82, 2.24) is 0 Å². The molecule has 0 radical (unpaired) electrons. The Balaban J connectivity index is 1.78. The van der Waals surface area contributed by atoms with E-state index in [1.165, 1.54) is 0 Å². The molecule has 26 heavy (non-hydrogen) atoms. The van der Waals surface area contributed by atoms with Crippen molar-refractivity contribution in [2.24, 2.45) is 0 Å². The molecule has 0 fully saturated rings. The molecule has 0 unspecified atom stereocenters. The fourth-order valence-corrected chi connectivity index (χ4v) is 3.10. The second kappa shape index (κ2) is 8.65. The second-order valence-corrected chi connectivity index (χ2v) is 6.66. The SMILES string of the molecule is C[C@@H]([NH2+]C(c1ccccc1)c1ccccc1)C(=O)Nc1ccccc1Cl. The largest absolute Gasteiger partial charge is 0.326 e. The van der Waals surface area contributed by atoms with Gasteiger partial charge in [-0.15, -0.1) is 0 Å². The average Bonchev–Trinajstić information content (AvgIpc) is 2.69. The van der Waals surface area contributed by atoms with Crippen molar-refractivity contribution < 1.29 is 10.1 Å². The first-order chi connectivity index (χ1) is 12.6. The van der Waals surface area contributed by atoms with Gasteiger partial charge in [0.15, 0.2) is 6.04 Å². The summed E-state index contributed by atoms with van der Waals surface area (Å²) in [6.07, 6.45) is 0. The average molecular weight is 366 g/mol. The van der Waals surface area contributed by atoms with E-state index < -0.39 is 0 Å². The zero-order valence-electron chi connectivity index (χ0n) is 14.6. The lowest BCUT2D eigenvalue weighted by atomic mass is 9.98. The normalized spacial score (nSPS) is 12.0. The Kier molecular flexibility index (Phi) is 6.05. The van der Waals surface area contributed by atoms with Gasteiger partial charge in [0, 0.05) is 11.1 Å². The van der Waals surface area contributed by atoms with Gasteiger partial charge in [-0.25, -0.2) is 0 Å². The summed E-state index contributed by atoms with van der Waals surface area (Å²) in [5.74, 6) is -0.0741. The number of carbonyl (C=O) groups excluding carboxylic acids is 1. The van der Waals surface area contributed by atoms with Gasteiger partial charge in [-0.3, -0.25) is 4.79 Å². The summed E-state index contributed by atoms with van der Waals surface area (Å²) in [5, 5.41) is 5.53. The number of hydrogen-bond acceptors (Lipinski definition) is 1. The third kappa shape index (κ3) is 4.51. The molecule has 3 aromatic rings. The Morgan fingerprint density at radius 1 is 0.846 bits per heavy atom. The Bertz CT molecular complexity index is 813. The van der Waals surface area contributed by atoms with E-state index in [1.807, 2.05) is 55.5 Å². The standard InChI is InChI=1S/C22H21ClN2O/c1-16(22(26)25-20-15-9-8-14-19(20)23)24-21(17-10-4-2-5-11-17)18-12-6-3-7-13-18/h2-16,21,24H,1H3,(H,25,26)/p+1/t16-/m1/s1. The highest BCUT2D eigenvalue weighted by Crippen LogP contribution is 2.21. The van der Waals surface area contributed by atoms with Crippen molar-refractivity contribution >= 4 is 23.2 Å². The van der Waals surface area contributed by atoms with Crippen LogP contribution in [0.1, 0.15) is 24.1 Å². The number of quaternary nitrogens is 1. The smallest absolute Gasteiger partial charge is 0.282 e. The van der Waals surface area contributed by atoms with E-state index in [4.69, 9.17) is 11.6 Å². The van der Waals surface area contributed by atoms with Gasteiger partial charge in [-0.1, -0.05) is 84.4 Å². The van der Waals surface area contributed by atoms with Crippen molar-refractivity contribution in [3.05, 3.63) is 101 Å². The number of nitrogens with one attached hydrogen (secondary N) is 1. The van der Waals surface area contributed by atoms with Crippen molar-refractivity contribution in [3.63, 3.8) is 0 Å². The van der Waals surface area contributed by atoms with E-state index in [0.29, 0.717) is 10.7 Å². The van der Waals surface area contributed by atoms with Crippen molar-refractivity contribution in [1.29, 1.82) is 0 Å². The molecule has 132 valence electrons. The van der Waals surface area contributed by atoms with Crippen molar-refractivity contribution in [2.45, 2.75) is 19.0 Å². The molecule has 0 aromatic heterocycles. The Morgan fingerprint density at radius 2 is 1.35 bits per heavy atom. The summed E-state index contributed by atoms with van der Waals surface area (Å²) >= 11 is 6.15. The summed E-state index contributed by atoms with van der Waals surface area (Å²) in [4.78, 5) is 12.7. The number of anilines is 1. The van der Waals surface area contributed by atoms with Crippen LogP contribution in [0.5, 0.6) is 0 Å². The molecule has 0 aliphatic rings. The molecule has 0 bridgehead atoms. The molecule has 0 spiro atoms. The number of nitrogens with two attached hydrogens (primary N) is 1. The summed E-state index contributed by atoms with van der Waals surface area (Å²) in [5.41, 5.74) is 2.96. The molecule has 0 aliphatic heterocycles. The summed E-state index contributed by atoms with van der Waals surface area (Å²) in [6.45, 7) is 1.91. The molecule has 1 atom stereocenters. The number of rotatable bonds is 6. The van der Waals surface area contributed by atoms with Crippen LogP contribution in [-0.2, 0) is 4.79 Å². The maximum Gasteiger partial charge on any atom is 0.282 e. The summed E-state index contributed by atoms with van der Waals surface area (Å²) in [7, 11) is 0. The quantitative estimate of drug-likeness (QED) is 0.681. The molecule has 3 N–H and O–H groups in total. The zero-order valence-corrected chi connectivity index (χ0v) is 15.4. The third-order valence-electron chi connectivity index (χ3n) is 4.34. The molecule has 4 heteroatoms. The Hall–Kier alpha value is -2.62. The van der Waals surface area contributed by atoms with Gasteiger partial charge in [0.1, 0.15) is 6.04 Å². The summed E-state index contributed by atoms with van der Waals surface area (Å²) < 4.78 is 0. The van der Waals surface area contributed by atoms with E-state index in [-0.39, 0.29) is 18.0 Å². The lowest BCUT2D eigenvalue weighted by Crippen LogP contribution is -2.92. The fraction of sp³-hybridized carbons (Fsp3) is 0.136. The fourth-order valence-electron chi connectivity index (χ4n) is 2.92. The first-order valence-electron chi connectivity index (χ1n) is 8.65. The zero-order chi connectivity index (χ0) is 18.4. The van der Waals surface area contributed by atoms with Gasteiger partial charge >= 0.3 is 0 Å². The first-order valence-corrected chi connectivity index (χ1v) is 9.03. The molecular weight excluding hydrogens is 344 g/mol. The van der Waals surface area contributed by atoms with Gasteiger partial charge in [0.2, 0.25) is 0 Å². The van der Waals surface area contributed by atoms with Gasteiger partial charge in [0.25, 0.3) is 5.91 Å². The Labute approximate surface area is 159 Å². The molecule has 3 aromatic carbocycles. The molecule has 0 aliphatic carbocycles. The number of hydrogen-bond donors (Lipinski definition) is 2. The van der Waals surface area contributed by atoms with Gasteiger partial charge < -0.3 is 10.6 Å². The number of amides is 1. The van der Waals surface area contributed by atoms with Crippen molar-refractivity contribution in [2.75, 3.05) is 5.32 Å². The van der Waals surface area contributed by atoms with Gasteiger partial charge in [-0.05, 0) is 19.1 Å². The van der Waals surface area contributed by atoms with E-state index >= 15 is 0 Å². The highest BCUT2D eigenvalue weighted by atomic mass is 35.5. The van der Waals surface area contributed by atoms with Crippen LogP contribution in [0.2, 0.25) is 5.02 Å². The highest BCUT2D eigenvalue weighted by Gasteiger charge is 2.25. The number of benzene rings is 3. The Morgan fingerprint density at radius 3 is 1.88 bits per heavy atom. The minimum atomic E-state index is -0.281. The highest BCUT2D eigenvalue weighted by molar-refractivity contribution is 6.33. The first kappa shape index (κ1) is 18.2. The second-order valence-electron chi connectivity index (χ2n) is 6.25. The maximum atomic E-state index is 12.7. The predicted octanol–water partition coefficient (Wildman–Crippen LogP) is 4.02. The van der Waals surface area contributed by atoms with Gasteiger partial charge in [0.05, 0.1) is 10.7 Å². The van der Waals surface area contributed by atoms with E-state index in [2.05, 4.69) is 34.9 Å². The van der Waals surface area contributed by atoms with Crippen LogP contribution in [0.25, 0.3) is 0 Å². The lowest BCUT2D eigenvalue weighted by molar-refractivity contribution is -0.704. The van der Waals surface area contributed by atoms with E-state index in [0.717, 1.165) is 11.1 Å². The molecule has 3 rings (SSSR count). The number of carbonyl (C=O) groups is 1. The van der Waals surface area contributed by atoms with Crippen LogP contribution in [0, 0.1) is 0 Å². The molecule has 1 amide bonds. The predicted molar refractivity (Wildman–Crippen MR) is 106 cm³/mol.